The Bertz CT molecular complexity index is 555. The van der Waals surface area contributed by atoms with Gasteiger partial charge in [-0.3, -0.25) is 4.68 Å². The molecule has 4 nitrogen and oxygen atoms in total. The maximum atomic E-state index is 11.3. The molecule has 4 heteroatoms. The first-order valence-corrected chi connectivity index (χ1v) is 5.23. The minimum Gasteiger partial charge on any atom is -0.477 e. The molecule has 0 amide bonds. The summed E-state index contributed by atoms with van der Waals surface area (Å²) in [6, 6.07) is 5.70. The van der Waals surface area contributed by atoms with Gasteiger partial charge in [0.15, 0.2) is 5.69 Å². The number of benzene rings is 1. The molecular weight excluding hydrogens is 204 g/mol. The van der Waals surface area contributed by atoms with Crippen LogP contribution in [0.15, 0.2) is 18.2 Å². The zero-order chi connectivity index (χ0) is 11.9. The molecule has 0 saturated heterocycles. The summed E-state index contributed by atoms with van der Waals surface area (Å²) in [4.78, 5) is 11.3. The highest BCUT2D eigenvalue weighted by atomic mass is 16.4. The Morgan fingerprint density at radius 2 is 2.12 bits per heavy atom. The highest BCUT2D eigenvalue weighted by Crippen LogP contribution is 2.22. The first-order valence-electron chi connectivity index (χ1n) is 5.23. The predicted octanol–water partition coefficient (Wildman–Crippen LogP) is 2.62. The Morgan fingerprint density at radius 3 is 2.69 bits per heavy atom. The number of aromatic carboxylic acids is 1. The lowest BCUT2D eigenvalue weighted by atomic mass is 10.1. The van der Waals surface area contributed by atoms with Crippen LogP contribution in [0.1, 0.15) is 35.9 Å². The van der Waals surface area contributed by atoms with Crippen molar-refractivity contribution in [2.75, 3.05) is 0 Å². The number of carboxylic acids is 1. The number of hydrogen-bond acceptors (Lipinski definition) is 2. The van der Waals surface area contributed by atoms with Gasteiger partial charge < -0.3 is 5.11 Å². The van der Waals surface area contributed by atoms with Gasteiger partial charge >= 0.3 is 5.97 Å². The molecule has 0 aliphatic heterocycles. The average molecular weight is 218 g/mol. The highest BCUT2D eigenvalue weighted by molar-refractivity contribution is 6.01. The molecule has 0 atom stereocenters. The van der Waals surface area contributed by atoms with Crippen molar-refractivity contribution in [3.05, 3.63) is 29.5 Å². The van der Waals surface area contributed by atoms with Crippen LogP contribution < -0.4 is 0 Å². The van der Waals surface area contributed by atoms with Crippen LogP contribution in [0.3, 0.4) is 0 Å². The Balaban J connectivity index is 2.82. The van der Waals surface area contributed by atoms with Crippen LogP contribution >= 0.6 is 0 Å². The normalized spacial score (nSPS) is 11.2. The topological polar surface area (TPSA) is 55.1 Å². The van der Waals surface area contributed by atoms with E-state index in [9.17, 15) is 9.90 Å². The summed E-state index contributed by atoms with van der Waals surface area (Å²) < 4.78 is 1.56. The largest absolute Gasteiger partial charge is 0.477 e. The predicted molar refractivity (Wildman–Crippen MR) is 61.8 cm³/mol. The minimum atomic E-state index is -0.929. The number of aryl methyl sites for hydroxylation is 1. The smallest absolute Gasteiger partial charge is 0.354 e. The third-order valence-electron chi connectivity index (χ3n) is 2.54. The van der Waals surface area contributed by atoms with Crippen molar-refractivity contribution in [2.24, 2.45) is 0 Å². The fraction of sp³-hybridized carbons (Fsp3) is 0.333. The van der Waals surface area contributed by atoms with Gasteiger partial charge in [-0.2, -0.15) is 5.10 Å². The minimum absolute atomic E-state index is 0.0406. The van der Waals surface area contributed by atoms with Gasteiger partial charge in [-0.25, -0.2) is 4.79 Å². The van der Waals surface area contributed by atoms with Crippen molar-refractivity contribution in [1.82, 2.24) is 9.78 Å². The fourth-order valence-electron chi connectivity index (χ4n) is 1.80. The number of hydrogen-bond donors (Lipinski definition) is 1. The molecule has 0 radical (unpaired) electrons. The summed E-state index contributed by atoms with van der Waals surface area (Å²) in [6.45, 7) is 5.79. The van der Waals surface area contributed by atoms with Crippen molar-refractivity contribution < 1.29 is 9.90 Å². The van der Waals surface area contributed by atoms with Crippen molar-refractivity contribution in [2.45, 2.75) is 26.8 Å². The molecule has 1 aromatic heterocycles. The Kier molecular flexibility index (Phi) is 2.42. The summed E-state index contributed by atoms with van der Waals surface area (Å²) in [6.07, 6.45) is 0. The third-order valence-corrected chi connectivity index (χ3v) is 2.54. The van der Waals surface area contributed by atoms with Crippen LogP contribution in [0.5, 0.6) is 0 Å². The number of rotatable bonds is 2. The van der Waals surface area contributed by atoms with Crippen molar-refractivity contribution in [3.63, 3.8) is 0 Å². The van der Waals surface area contributed by atoms with Crippen LogP contribution in [-0.2, 0) is 0 Å². The molecule has 1 N–H and O–H groups in total. The van der Waals surface area contributed by atoms with Gasteiger partial charge in [-0.1, -0.05) is 11.6 Å². The molecule has 1 heterocycles. The summed E-state index contributed by atoms with van der Waals surface area (Å²) in [7, 11) is 0. The van der Waals surface area contributed by atoms with Gasteiger partial charge in [0.2, 0.25) is 0 Å². The second kappa shape index (κ2) is 3.63. The quantitative estimate of drug-likeness (QED) is 0.843. The maximum Gasteiger partial charge on any atom is 0.354 e. The van der Waals surface area contributed by atoms with Gasteiger partial charge in [-0.05, 0) is 32.9 Å². The zero-order valence-corrected chi connectivity index (χ0v) is 9.56. The number of nitrogens with zero attached hydrogens (tertiary/aromatic N) is 2. The molecular formula is C12H14N2O2. The van der Waals surface area contributed by atoms with E-state index in [1.165, 1.54) is 0 Å². The standard InChI is InChI=1S/C12H14N2O2/c1-7(2)14-11(12(15)16)9-6-8(3)4-5-10(9)13-14/h4-7H,1-3H3,(H,15,16). The summed E-state index contributed by atoms with van der Waals surface area (Å²) in [5.41, 5.74) is 2.05. The highest BCUT2D eigenvalue weighted by Gasteiger charge is 2.18. The Labute approximate surface area is 93.5 Å². The first-order chi connectivity index (χ1) is 7.50. The van der Waals surface area contributed by atoms with Crippen molar-refractivity contribution in [3.8, 4) is 0 Å². The van der Waals surface area contributed by atoms with Crippen molar-refractivity contribution >= 4 is 16.9 Å². The van der Waals surface area contributed by atoms with Crippen LogP contribution in [0, 0.1) is 6.92 Å². The van der Waals surface area contributed by atoms with Crippen LogP contribution in [-0.4, -0.2) is 20.9 Å². The summed E-state index contributed by atoms with van der Waals surface area (Å²) >= 11 is 0. The fourth-order valence-corrected chi connectivity index (χ4v) is 1.80. The molecule has 2 rings (SSSR count). The van der Waals surface area contributed by atoms with Crippen molar-refractivity contribution in [1.29, 1.82) is 0 Å². The maximum absolute atomic E-state index is 11.3. The molecule has 0 saturated carbocycles. The average Bonchev–Trinajstić information content (AvgIpc) is 2.55. The lowest BCUT2D eigenvalue weighted by Crippen LogP contribution is -2.12. The monoisotopic (exact) mass is 218 g/mol. The molecule has 84 valence electrons. The summed E-state index contributed by atoms with van der Waals surface area (Å²) in [5.74, 6) is -0.929. The second-order valence-corrected chi connectivity index (χ2v) is 4.21. The molecule has 0 fully saturated rings. The summed E-state index contributed by atoms with van der Waals surface area (Å²) in [5, 5.41) is 14.3. The van der Waals surface area contributed by atoms with E-state index in [1.807, 2.05) is 39.0 Å². The van der Waals surface area contributed by atoms with E-state index in [0.29, 0.717) is 5.39 Å². The Hall–Kier alpha value is -1.84. The molecule has 16 heavy (non-hydrogen) atoms. The van der Waals surface area contributed by atoms with E-state index < -0.39 is 5.97 Å². The number of carboxylic acid groups (broad SMARTS) is 1. The van der Waals surface area contributed by atoms with Crippen LogP contribution in [0.4, 0.5) is 0 Å². The molecule has 0 aliphatic carbocycles. The lowest BCUT2D eigenvalue weighted by molar-refractivity contribution is 0.0683. The van der Waals surface area contributed by atoms with E-state index >= 15 is 0 Å². The van der Waals surface area contributed by atoms with Gasteiger partial charge in [0.1, 0.15) is 0 Å². The molecule has 0 spiro atoms. The van der Waals surface area contributed by atoms with E-state index in [1.54, 1.807) is 4.68 Å². The number of carbonyl (C=O) groups is 1. The molecule has 0 aliphatic rings. The number of aromatic nitrogens is 2. The van der Waals surface area contributed by atoms with Crippen LogP contribution in [0.25, 0.3) is 10.9 Å². The molecule has 0 bridgehead atoms. The van der Waals surface area contributed by atoms with E-state index in [4.69, 9.17) is 0 Å². The van der Waals surface area contributed by atoms with E-state index in [2.05, 4.69) is 5.10 Å². The number of fused-ring (bicyclic) bond motifs is 1. The zero-order valence-electron chi connectivity index (χ0n) is 9.56. The lowest BCUT2D eigenvalue weighted by Gasteiger charge is -2.07. The van der Waals surface area contributed by atoms with E-state index in [-0.39, 0.29) is 11.7 Å². The van der Waals surface area contributed by atoms with Crippen LogP contribution in [0.2, 0.25) is 0 Å². The van der Waals surface area contributed by atoms with Gasteiger partial charge in [0.25, 0.3) is 0 Å². The SMILES string of the molecule is Cc1ccc2nn(C(C)C)c(C(=O)O)c2c1. The second-order valence-electron chi connectivity index (χ2n) is 4.21. The molecule has 0 unspecified atom stereocenters. The Morgan fingerprint density at radius 1 is 1.44 bits per heavy atom. The molecule has 2 aromatic rings. The first kappa shape index (κ1) is 10.7. The molecule has 1 aromatic carbocycles. The van der Waals surface area contributed by atoms with E-state index in [0.717, 1.165) is 11.1 Å². The van der Waals surface area contributed by atoms with Gasteiger partial charge in [-0.15, -0.1) is 0 Å². The van der Waals surface area contributed by atoms with Gasteiger partial charge in [0.05, 0.1) is 5.52 Å². The van der Waals surface area contributed by atoms with Gasteiger partial charge in [0, 0.05) is 11.4 Å². The third kappa shape index (κ3) is 1.56.